The highest BCUT2D eigenvalue weighted by atomic mass is 32.2. The average Bonchev–Trinajstić information content (AvgIpc) is 3.30. The molecule has 3 aromatic rings. The van der Waals surface area contributed by atoms with E-state index in [4.69, 9.17) is 4.74 Å². The van der Waals surface area contributed by atoms with Gasteiger partial charge in [-0.1, -0.05) is 12.1 Å². The molecule has 0 saturated carbocycles. The largest absolute Gasteiger partial charge is 0.489 e. The number of likely N-dealkylation sites (tertiary alicyclic amines) is 1. The van der Waals surface area contributed by atoms with E-state index in [0.29, 0.717) is 41.6 Å². The van der Waals surface area contributed by atoms with Crippen LogP contribution in [0.15, 0.2) is 47.5 Å². The summed E-state index contributed by atoms with van der Waals surface area (Å²) >= 11 is 0. The number of β-amino-alcohol motifs (C(OH)–C–C–N with tert-alkyl or cyclic N) is 1. The third-order valence-corrected chi connectivity index (χ3v) is 10.2. The van der Waals surface area contributed by atoms with Crippen LogP contribution in [0, 0.1) is 6.92 Å². The van der Waals surface area contributed by atoms with Crippen LogP contribution in [0.5, 0.6) is 5.75 Å². The van der Waals surface area contributed by atoms with Gasteiger partial charge in [-0.15, -0.1) is 0 Å². The number of aromatic nitrogens is 2. The van der Waals surface area contributed by atoms with Crippen LogP contribution in [0.3, 0.4) is 0 Å². The molecule has 1 aromatic heterocycles. The van der Waals surface area contributed by atoms with Gasteiger partial charge in [0.05, 0.1) is 34.2 Å². The highest BCUT2D eigenvalue weighted by molar-refractivity contribution is 7.92. The number of benzene rings is 2. The quantitative estimate of drug-likeness (QED) is 0.277. The Balaban J connectivity index is 1.43. The number of aryl methyl sites for hydroxylation is 1. The first-order chi connectivity index (χ1) is 21.0. The smallest absolute Gasteiger partial charge is 0.254 e. The number of hydrogen-bond acceptors (Lipinski definition) is 10. The Morgan fingerprint density at radius 3 is 2.61 bits per heavy atom. The third kappa shape index (κ3) is 6.67. The second-order valence-electron chi connectivity index (χ2n) is 12.0. The number of nitrogens with zero attached hydrogens (tertiary/aromatic N) is 4. The van der Waals surface area contributed by atoms with Crippen LogP contribution in [-0.2, 0) is 16.4 Å². The van der Waals surface area contributed by atoms with Crippen molar-refractivity contribution >= 4 is 38.9 Å². The van der Waals surface area contributed by atoms with Gasteiger partial charge in [-0.2, -0.15) is 4.98 Å². The van der Waals surface area contributed by atoms with E-state index in [0.717, 1.165) is 37.1 Å². The highest BCUT2D eigenvalue weighted by Gasteiger charge is 2.36. The van der Waals surface area contributed by atoms with E-state index in [1.807, 2.05) is 37.8 Å². The summed E-state index contributed by atoms with van der Waals surface area (Å²) in [6.07, 6.45) is 3.45. The zero-order valence-electron chi connectivity index (χ0n) is 26.0. The van der Waals surface area contributed by atoms with Gasteiger partial charge in [-0.25, -0.2) is 13.4 Å². The van der Waals surface area contributed by atoms with E-state index < -0.39 is 15.1 Å². The van der Waals surface area contributed by atoms with Crippen molar-refractivity contribution < 1.29 is 23.1 Å². The SMILES string of the molecule is Cc1cnc(Nc2cc3c(cc2OC(C)C)CN(C2CCCN(CCO)C2)C3=O)nc1Nc1ccccc1S(=O)(=O)C(C)C. The number of carbonyl (C=O) groups is 1. The lowest BCUT2D eigenvalue weighted by molar-refractivity contribution is 0.0544. The lowest BCUT2D eigenvalue weighted by atomic mass is 10.0. The molecule has 0 aliphatic carbocycles. The molecule has 1 atom stereocenters. The highest BCUT2D eigenvalue weighted by Crippen LogP contribution is 2.37. The van der Waals surface area contributed by atoms with Crippen LogP contribution in [0.25, 0.3) is 0 Å². The van der Waals surface area contributed by atoms with E-state index >= 15 is 0 Å². The standard InChI is InChI=1S/C32H42N6O5S/c1-20(2)43-28-15-23-18-38(24-9-8-12-37(19-24)13-14-39)31(40)25(23)16-27(28)35-32-33-17-22(5)30(36-32)34-26-10-6-7-11-29(26)44(41,42)21(3)4/h6-7,10-11,15-17,20-21,24,39H,8-9,12-14,18-19H2,1-5H3,(H2,33,34,35,36). The molecule has 3 heterocycles. The van der Waals surface area contributed by atoms with Crippen LogP contribution in [-0.4, -0.2) is 82.8 Å². The topological polar surface area (TPSA) is 137 Å². The molecule has 2 aromatic carbocycles. The van der Waals surface area contributed by atoms with Gasteiger partial charge in [0.2, 0.25) is 5.95 Å². The van der Waals surface area contributed by atoms with Gasteiger partial charge < -0.3 is 25.4 Å². The molecular formula is C32H42N6O5S. The summed E-state index contributed by atoms with van der Waals surface area (Å²) in [6, 6.07) is 10.6. The number of amides is 1. The van der Waals surface area contributed by atoms with Crippen molar-refractivity contribution in [3.63, 3.8) is 0 Å². The first-order valence-corrected chi connectivity index (χ1v) is 16.7. The van der Waals surface area contributed by atoms with Gasteiger partial charge in [0, 0.05) is 43.0 Å². The number of anilines is 4. The summed E-state index contributed by atoms with van der Waals surface area (Å²) in [7, 11) is -3.53. The summed E-state index contributed by atoms with van der Waals surface area (Å²) in [5, 5.41) is 15.3. The van der Waals surface area contributed by atoms with Crippen LogP contribution in [0.4, 0.5) is 23.1 Å². The van der Waals surface area contributed by atoms with E-state index in [9.17, 15) is 18.3 Å². The van der Waals surface area contributed by atoms with Crippen molar-refractivity contribution in [1.82, 2.24) is 19.8 Å². The molecule has 44 heavy (non-hydrogen) atoms. The maximum Gasteiger partial charge on any atom is 0.254 e. The van der Waals surface area contributed by atoms with E-state index in [-0.39, 0.29) is 35.5 Å². The van der Waals surface area contributed by atoms with Gasteiger partial charge in [0.1, 0.15) is 11.6 Å². The fourth-order valence-electron chi connectivity index (χ4n) is 5.68. The zero-order chi connectivity index (χ0) is 31.6. The number of ether oxygens (including phenoxy) is 1. The predicted octanol–water partition coefficient (Wildman–Crippen LogP) is 4.65. The normalized spacial score (nSPS) is 17.3. The van der Waals surface area contributed by atoms with E-state index in [2.05, 4.69) is 25.5 Å². The number of carbonyl (C=O) groups excluding carboxylic acids is 1. The summed E-state index contributed by atoms with van der Waals surface area (Å²) in [5.41, 5.74) is 3.25. The summed E-state index contributed by atoms with van der Waals surface area (Å²) in [4.78, 5) is 27.1. The molecule has 0 radical (unpaired) electrons. The molecule has 236 valence electrons. The van der Waals surface area contributed by atoms with Gasteiger partial charge in [0.15, 0.2) is 9.84 Å². The number of nitrogens with one attached hydrogen (secondary N) is 2. The van der Waals surface area contributed by atoms with Crippen molar-refractivity contribution in [1.29, 1.82) is 0 Å². The van der Waals surface area contributed by atoms with Crippen LogP contribution in [0.1, 0.15) is 62.0 Å². The number of para-hydroxylation sites is 1. The molecule has 11 nitrogen and oxygen atoms in total. The minimum Gasteiger partial charge on any atom is -0.489 e. The molecule has 1 unspecified atom stereocenters. The Labute approximate surface area is 259 Å². The number of rotatable bonds is 11. The number of aliphatic hydroxyl groups excluding tert-OH is 1. The fourth-order valence-corrected chi connectivity index (χ4v) is 6.89. The molecule has 1 amide bonds. The number of sulfone groups is 1. The third-order valence-electron chi connectivity index (χ3n) is 8.02. The van der Waals surface area contributed by atoms with Crippen molar-refractivity contribution in [3.8, 4) is 5.75 Å². The van der Waals surface area contributed by atoms with Crippen molar-refractivity contribution in [2.75, 3.05) is 36.9 Å². The van der Waals surface area contributed by atoms with Gasteiger partial charge in [-0.05, 0) is 83.8 Å². The maximum atomic E-state index is 13.7. The Morgan fingerprint density at radius 2 is 1.89 bits per heavy atom. The summed E-state index contributed by atoms with van der Waals surface area (Å²) in [6.45, 7) is 11.9. The number of aliphatic hydroxyl groups is 1. The number of hydrogen-bond donors (Lipinski definition) is 3. The molecule has 1 fully saturated rings. The van der Waals surface area contributed by atoms with Crippen LogP contribution >= 0.6 is 0 Å². The first kappa shape index (κ1) is 31.7. The lowest BCUT2D eigenvalue weighted by Crippen LogP contribution is -2.48. The molecule has 2 aliphatic heterocycles. The average molecular weight is 623 g/mol. The van der Waals surface area contributed by atoms with Gasteiger partial charge in [-0.3, -0.25) is 9.69 Å². The number of fused-ring (bicyclic) bond motifs is 1. The Hall–Kier alpha value is -3.74. The minimum absolute atomic E-state index is 0.0230. The molecule has 0 spiro atoms. The van der Waals surface area contributed by atoms with Crippen LogP contribution in [0.2, 0.25) is 0 Å². The molecule has 2 aliphatic rings. The first-order valence-electron chi connectivity index (χ1n) is 15.2. The monoisotopic (exact) mass is 622 g/mol. The Morgan fingerprint density at radius 1 is 1.11 bits per heavy atom. The molecule has 3 N–H and O–H groups in total. The molecule has 0 bridgehead atoms. The van der Waals surface area contributed by atoms with Crippen molar-refractivity contribution in [2.24, 2.45) is 0 Å². The Kier molecular flexibility index (Phi) is 9.42. The Bertz CT molecular complexity index is 1630. The fraction of sp³-hybridized carbons (Fsp3) is 0.469. The second kappa shape index (κ2) is 13.1. The summed E-state index contributed by atoms with van der Waals surface area (Å²) < 4.78 is 32.2. The lowest BCUT2D eigenvalue weighted by Gasteiger charge is -2.37. The maximum absolute atomic E-state index is 13.7. The zero-order valence-corrected chi connectivity index (χ0v) is 26.8. The van der Waals surface area contributed by atoms with Crippen LogP contribution < -0.4 is 15.4 Å². The number of piperidine rings is 1. The van der Waals surface area contributed by atoms with Crippen molar-refractivity contribution in [3.05, 3.63) is 59.3 Å². The molecule has 12 heteroatoms. The van der Waals surface area contributed by atoms with Gasteiger partial charge >= 0.3 is 0 Å². The predicted molar refractivity (Wildman–Crippen MR) is 171 cm³/mol. The van der Waals surface area contributed by atoms with Gasteiger partial charge in [0.25, 0.3) is 5.91 Å². The molecule has 5 rings (SSSR count). The molecular weight excluding hydrogens is 580 g/mol. The second-order valence-corrected chi connectivity index (χ2v) is 14.5. The summed E-state index contributed by atoms with van der Waals surface area (Å²) in [5.74, 6) is 1.29. The molecule has 1 saturated heterocycles. The van der Waals surface area contributed by atoms with Crippen molar-refractivity contribution in [2.45, 2.75) is 76.3 Å². The minimum atomic E-state index is -3.53. The van der Waals surface area contributed by atoms with E-state index in [1.165, 1.54) is 0 Å². The van der Waals surface area contributed by atoms with E-state index in [1.54, 1.807) is 44.3 Å².